The molecule has 2 atom stereocenters. The van der Waals surface area contributed by atoms with Crippen molar-refractivity contribution in [1.29, 1.82) is 0 Å². The molecular weight excluding hydrogens is 418 g/mol. The number of hydrogen-bond acceptors (Lipinski definition) is 6. The minimum atomic E-state index is -0.951. The van der Waals surface area contributed by atoms with Crippen LogP contribution in [0.3, 0.4) is 0 Å². The fraction of sp³-hybridized carbons (Fsp3) is 0.538. The highest BCUT2D eigenvalue weighted by molar-refractivity contribution is 5.95. The largest absolute Gasteiger partial charge is 0.466 e. The predicted molar refractivity (Wildman–Crippen MR) is 126 cm³/mol. The number of carbonyl (C=O) groups is 2. The smallest absolute Gasteiger partial charge is 0.313 e. The summed E-state index contributed by atoms with van der Waals surface area (Å²) in [4.78, 5) is 28.2. The molecule has 1 aliphatic rings. The Kier molecular flexibility index (Phi) is 8.19. The van der Waals surface area contributed by atoms with E-state index in [1.807, 2.05) is 17.0 Å². The molecule has 7 nitrogen and oxygen atoms in total. The van der Waals surface area contributed by atoms with Crippen molar-refractivity contribution in [3.63, 3.8) is 0 Å². The predicted octanol–water partition coefficient (Wildman–Crippen LogP) is 4.21. The molecule has 1 heterocycles. The fourth-order valence-corrected chi connectivity index (χ4v) is 4.22. The van der Waals surface area contributed by atoms with Crippen molar-refractivity contribution in [2.75, 3.05) is 6.61 Å². The van der Waals surface area contributed by atoms with Crippen LogP contribution in [-0.4, -0.2) is 50.8 Å². The molecule has 0 spiro atoms. The van der Waals surface area contributed by atoms with Crippen LogP contribution in [0.1, 0.15) is 87.2 Å². The van der Waals surface area contributed by atoms with Gasteiger partial charge in [0.1, 0.15) is 0 Å². The molecule has 2 unspecified atom stereocenters. The maximum absolute atomic E-state index is 13.5. The molecule has 0 bridgehead atoms. The van der Waals surface area contributed by atoms with Crippen LogP contribution in [0.25, 0.3) is 0 Å². The van der Waals surface area contributed by atoms with Crippen molar-refractivity contribution in [1.82, 2.24) is 15.1 Å². The van der Waals surface area contributed by atoms with Gasteiger partial charge >= 0.3 is 5.97 Å². The molecule has 1 fully saturated rings. The topological polar surface area (TPSA) is 92.6 Å². The van der Waals surface area contributed by atoms with Crippen LogP contribution in [0, 0.1) is 0 Å². The number of aliphatic hydroxyl groups is 1. The molecular formula is C26H35N3O4. The van der Waals surface area contributed by atoms with Crippen molar-refractivity contribution in [2.45, 2.75) is 83.4 Å². The highest BCUT2D eigenvalue weighted by Crippen LogP contribution is 2.34. The van der Waals surface area contributed by atoms with Gasteiger partial charge in [-0.3, -0.25) is 9.59 Å². The van der Waals surface area contributed by atoms with E-state index in [4.69, 9.17) is 4.74 Å². The number of nitrogens with zero attached hydrogens (tertiary/aromatic N) is 3. The number of ether oxygens (including phenoxy) is 1. The van der Waals surface area contributed by atoms with Gasteiger partial charge < -0.3 is 14.7 Å². The van der Waals surface area contributed by atoms with Gasteiger partial charge in [0.15, 0.2) is 0 Å². The van der Waals surface area contributed by atoms with Crippen molar-refractivity contribution >= 4 is 11.9 Å². The average Bonchev–Trinajstić information content (AvgIpc) is 3.63. The van der Waals surface area contributed by atoms with E-state index < -0.39 is 11.5 Å². The van der Waals surface area contributed by atoms with Crippen LogP contribution < -0.4 is 0 Å². The maximum Gasteiger partial charge on any atom is 0.313 e. The summed E-state index contributed by atoms with van der Waals surface area (Å²) in [6.45, 7) is 7.65. The van der Waals surface area contributed by atoms with Gasteiger partial charge in [0.05, 0.1) is 24.3 Å². The zero-order valence-corrected chi connectivity index (χ0v) is 20.0. The summed E-state index contributed by atoms with van der Waals surface area (Å²) in [5, 5.41) is 17.9. The van der Waals surface area contributed by atoms with E-state index in [2.05, 4.69) is 17.1 Å². The van der Waals surface area contributed by atoms with Gasteiger partial charge in [0.25, 0.3) is 5.91 Å². The summed E-state index contributed by atoms with van der Waals surface area (Å²) >= 11 is 0. The molecule has 1 aliphatic carbocycles. The molecule has 0 radical (unpaired) electrons. The second-order valence-corrected chi connectivity index (χ2v) is 9.20. The summed E-state index contributed by atoms with van der Waals surface area (Å²) in [7, 11) is 0. The van der Waals surface area contributed by atoms with Crippen molar-refractivity contribution in [2.24, 2.45) is 0 Å². The van der Waals surface area contributed by atoms with Crippen molar-refractivity contribution in [3.05, 3.63) is 59.4 Å². The van der Waals surface area contributed by atoms with Gasteiger partial charge in [0, 0.05) is 23.8 Å². The lowest BCUT2D eigenvalue weighted by Gasteiger charge is -2.32. The zero-order valence-electron chi connectivity index (χ0n) is 20.0. The number of rotatable bonds is 11. The first-order chi connectivity index (χ1) is 15.8. The van der Waals surface area contributed by atoms with Gasteiger partial charge in [-0.2, -0.15) is 10.2 Å². The summed E-state index contributed by atoms with van der Waals surface area (Å²) in [6, 6.07) is 9.26. The maximum atomic E-state index is 13.5. The summed E-state index contributed by atoms with van der Waals surface area (Å²) in [5.74, 6) is -0.700. The zero-order chi connectivity index (χ0) is 24.0. The number of aromatic nitrogens is 2. The third-order valence-electron chi connectivity index (χ3n) is 6.25. The van der Waals surface area contributed by atoms with Gasteiger partial charge in [-0.1, -0.05) is 19.1 Å². The van der Waals surface area contributed by atoms with E-state index in [1.165, 1.54) is 0 Å². The quantitative estimate of drug-likeness (QED) is 0.512. The number of carbonyl (C=O) groups excluding carboxylic acids is 2. The SMILES string of the molecule is CCOC(=O)C(CCC(CC)N(C(=O)c1ccc(C(C)(C)O)cc1)C1CC1)c1ccnnc1. The van der Waals surface area contributed by atoms with E-state index in [9.17, 15) is 14.7 Å². The standard InChI is InChI=1S/C26H35N3O4/c1-5-21(13-14-23(25(31)33-6-2)19-15-16-27-28-17-19)29(22-11-12-22)24(30)18-7-9-20(10-8-18)26(3,4)32/h7-10,15-17,21-23,32H,5-6,11-14H2,1-4H3. The van der Waals surface area contributed by atoms with Crippen LogP contribution in [-0.2, 0) is 15.1 Å². The third-order valence-corrected chi connectivity index (χ3v) is 6.25. The molecule has 1 aromatic heterocycles. The Labute approximate surface area is 196 Å². The van der Waals surface area contributed by atoms with Crippen LogP contribution in [0.5, 0.6) is 0 Å². The fourth-order valence-electron chi connectivity index (χ4n) is 4.22. The molecule has 1 aromatic carbocycles. The molecule has 1 N–H and O–H groups in total. The molecule has 0 aliphatic heterocycles. The highest BCUT2D eigenvalue weighted by Gasteiger charge is 2.38. The first kappa shape index (κ1) is 24.8. The molecule has 2 aromatic rings. The van der Waals surface area contributed by atoms with Crippen LogP contribution >= 0.6 is 0 Å². The van der Waals surface area contributed by atoms with E-state index >= 15 is 0 Å². The van der Waals surface area contributed by atoms with Gasteiger partial charge in [-0.25, -0.2) is 0 Å². The van der Waals surface area contributed by atoms with Gasteiger partial charge in [-0.15, -0.1) is 0 Å². The first-order valence-corrected chi connectivity index (χ1v) is 11.8. The molecule has 0 saturated heterocycles. The Hall–Kier alpha value is -2.80. The van der Waals surface area contributed by atoms with Crippen molar-refractivity contribution in [3.8, 4) is 0 Å². The molecule has 33 heavy (non-hydrogen) atoms. The first-order valence-electron chi connectivity index (χ1n) is 11.8. The van der Waals surface area contributed by atoms with E-state index in [-0.39, 0.29) is 24.0 Å². The molecule has 1 saturated carbocycles. The van der Waals surface area contributed by atoms with E-state index in [0.29, 0.717) is 25.0 Å². The number of esters is 1. The summed E-state index contributed by atoms with van der Waals surface area (Å²) in [5.41, 5.74) is 1.22. The number of benzene rings is 1. The number of hydrogen-bond donors (Lipinski definition) is 1. The molecule has 178 valence electrons. The molecule has 1 amide bonds. The van der Waals surface area contributed by atoms with Crippen LogP contribution in [0.4, 0.5) is 0 Å². The summed E-state index contributed by atoms with van der Waals surface area (Å²) in [6.07, 6.45) is 7.24. The lowest BCUT2D eigenvalue weighted by atomic mass is 9.92. The molecule has 3 rings (SSSR count). The monoisotopic (exact) mass is 453 g/mol. The third kappa shape index (κ3) is 6.38. The minimum Gasteiger partial charge on any atom is -0.466 e. The normalized spacial score (nSPS) is 15.5. The second kappa shape index (κ2) is 10.9. The van der Waals surface area contributed by atoms with Crippen LogP contribution in [0.2, 0.25) is 0 Å². The Morgan fingerprint density at radius 1 is 1.12 bits per heavy atom. The number of amides is 1. The highest BCUT2D eigenvalue weighted by atomic mass is 16.5. The minimum absolute atomic E-state index is 0.00454. The van der Waals surface area contributed by atoms with Gasteiger partial charge in [0.2, 0.25) is 0 Å². The van der Waals surface area contributed by atoms with Gasteiger partial charge in [-0.05, 0) is 82.2 Å². The average molecular weight is 454 g/mol. The summed E-state index contributed by atoms with van der Waals surface area (Å²) < 4.78 is 5.31. The van der Waals surface area contributed by atoms with Crippen molar-refractivity contribution < 1.29 is 19.4 Å². The Bertz CT molecular complexity index is 921. The second-order valence-electron chi connectivity index (χ2n) is 9.20. The van der Waals surface area contributed by atoms with E-state index in [0.717, 1.165) is 30.4 Å². The van der Waals surface area contributed by atoms with E-state index in [1.54, 1.807) is 51.4 Å². The van der Waals surface area contributed by atoms with Crippen LogP contribution in [0.15, 0.2) is 42.7 Å². The lowest BCUT2D eigenvalue weighted by Crippen LogP contribution is -2.42. The Balaban J connectivity index is 1.77. The lowest BCUT2D eigenvalue weighted by molar-refractivity contribution is -0.145. The molecule has 7 heteroatoms. The Morgan fingerprint density at radius 2 is 1.82 bits per heavy atom. The Morgan fingerprint density at radius 3 is 2.33 bits per heavy atom.